The molecule has 2 aromatic carbocycles. The van der Waals surface area contributed by atoms with Gasteiger partial charge in [-0.3, -0.25) is 9.48 Å². The second-order valence-electron chi connectivity index (χ2n) is 10.4. The molecule has 0 bridgehead atoms. The van der Waals surface area contributed by atoms with Crippen LogP contribution in [0.25, 0.3) is 10.9 Å². The molecule has 0 spiro atoms. The van der Waals surface area contributed by atoms with Gasteiger partial charge in [0.05, 0.1) is 34.7 Å². The van der Waals surface area contributed by atoms with Gasteiger partial charge >= 0.3 is 5.97 Å². The van der Waals surface area contributed by atoms with E-state index in [1.54, 1.807) is 30.3 Å². The summed E-state index contributed by atoms with van der Waals surface area (Å²) in [4.78, 5) is 11.8. The van der Waals surface area contributed by atoms with Crippen molar-refractivity contribution >= 4 is 38.5 Å². The third-order valence-electron chi connectivity index (χ3n) is 7.38. The molecular formula is C27H32ClN3O5S. The third kappa shape index (κ3) is 4.96. The maximum Gasteiger partial charge on any atom is 0.309 e. The molecule has 5 rings (SSSR count). The fraction of sp³-hybridized carbons (Fsp3) is 0.481. The average Bonchev–Trinajstić information content (AvgIpc) is 3.33. The number of aromatic nitrogens is 2. The molecule has 2 atom stereocenters. The van der Waals surface area contributed by atoms with E-state index in [2.05, 4.69) is 0 Å². The molecule has 1 saturated heterocycles. The summed E-state index contributed by atoms with van der Waals surface area (Å²) in [5.74, 6) is 0.00243. The maximum atomic E-state index is 13.6. The summed E-state index contributed by atoms with van der Waals surface area (Å²) in [5.41, 5.74) is 2.42. The molecule has 3 aromatic rings. The van der Waals surface area contributed by atoms with Gasteiger partial charge in [0, 0.05) is 23.0 Å². The highest BCUT2D eigenvalue weighted by Gasteiger charge is 2.40. The number of sulfonamides is 1. The molecule has 0 radical (unpaired) electrons. The quantitative estimate of drug-likeness (QED) is 0.407. The molecule has 198 valence electrons. The lowest BCUT2D eigenvalue weighted by atomic mass is 9.79. The minimum Gasteiger partial charge on any atom is -0.491 e. The molecule has 1 aliphatic heterocycles. The number of carboxylic acid groups (broad SMARTS) is 1. The van der Waals surface area contributed by atoms with Gasteiger partial charge < -0.3 is 9.84 Å². The molecule has 1 N–H and O–H groups in total. The molecule has 1 aromatic heterocycles. The van der Waals surface area contributed by atoms with Crippen LogP contribution >= 0.6 is 11.6 Å². The lowest BCUT2D eigenvalue weighted by Gasteiger charge is -2.27. The van der Waals surface area contributed by atoms with Crippen LogP contribution in [-0.2, 0) is 21.2 Å². The number of benzene rings is 2. The van der Waals surface area contributed by atoms with Gasteiger partial charge in [-0.25, -0.2) is 8.42 Å². The topological polar surface area (TPSA) is 102 Å². The number of ether oxygens (including phenoxy) is 1. The largest absolute Gasteiger partial charge is 0.491 e. The van der Waals surface area contributed by atoms with Gasteiger partial charge in [-0.1, -0.05) is 18.0 Å². The van der Waals surface area contributed by atoms with E-state index < -0.39 is 16.0 Å². The molecule has 10 heteroatoms. The highest BCUT2D eigenvalue weighted by atomic mass is 35.5. The smallest absolute Gasteiger partial charge is 0.309 e. The molecule has 1 aliphatic carbocycles. The Hall–Kier alpha value is -2.62. The van der Waals surface area contributed by atoms with Crippen molar-refractivity contribution in [2.45, 2.75) is 81.9 Å². The molecule has 1 saturated carbocycles. The van der Waals surface area contributed by atoms with Crippen molar-refractivity contribution in [1.29, 1.82) is 0 Å². The Morgan fingerprint density at radius 2 is 1.92 bits per heavy atom. The van der Waals surface area contributed by atoms with E-state index in [1.807, 2.05) is 31.5 Å². The summed E-state index contributed by atoms with van der Waals surface area (Å²) in [7, 11) is -3.74. The van der Waals surface area contributed by atoms with E-state index in [4.69, 9.17) is 21.4 Å². The molecule has 2 heterocycles. The van der Waals surface area contributed by atoms with Crippen LogP contribution in [0, 0.1) is 0 Å². The minimum atomic E-state index is -3.74. The van der Waals surface area contributed by atoms with Crippen LogP contribution in [0.4, 0.5) is 0 Å². The number of fused-ring (bicyclic) bond motifs is 1. The number of carbonyl (C=O) groups is 1. The van der Waals surface area contributed by atoms with Crippen LogP contribution in [0.5, 0.6) is 5.75 Å². The highest BCUT2D eigenvalue weighted by molar-refractivity contribution is 7.89. The third-order valence-corrected chi connectivity index (χ3v) is 9.59. The van der Waals surface area contributed by atoms with E-state index in [0.717, 1.165) is 35.7 Å². The summed E-state index contributed by atoms with van der Waals surface area (Å²) in [6.45, 7) is 5.99. The Morgan fingerprint density at radius 3 is 2.51 bits per heavy atom. The summed E-state index contributed by atoms with van der Waals surface area (Å²) < 4.78 is 36.3. The van der Waals surface area contributed by atoms with Crippen LogP contribution in [0.2, 0.25) is 5.02 Å². The fourth-order valence-corrected chi connectivity index (χ4v) is 7.39. The first kappa shape index (κ1) is 26.0. The molecule has 2 aliphatic rings. The van der Waals surface area contributed by atoms with Crippen molar-refractivity contribution in [3.8, 4) is 5.75 Å². The minimum absolute atomic E-state index is 0.00330. The number of aliphatic carboxylic acids is 1. The van der Waals surface area contributed by atoms with E-state index in [1.165, 1.54) is 4.31 Å². The molecule has 0 unspecified atom stereocenters. The van der Waals surface area contributed by atoms with Crippen LogP contribution in [-0.4, -0.2) is 52.3 Å². The zero-order valence-corrected chi connectivity index (χ0v) is 22.8. The number of nitrogens with zero attached hydrogens (tertiary/aromatic N) is 3. The number of halogens is 1. The molecule has 37 heavy (non-hydrogen) atoms. The number of hydrogen-bond donors (Lipinski definition) is 1. The fourth-order valence-electron chi connectivity index (χ4n) is 5.48. The molecule has 8 nitrogen and oxygen atoms in total. The summed E-state index contributed by atoms with van der Waals surface area (Å²) in [6.07, 6.45) is 3.59. The van der Waals surface area contributed by atoms with Crippen LogP contribution in [0.1, 0.15) is 69.7 Å². The first-order chi connectivity index (χ1) is 17.5. The standard InChI is InChI=1S/C27H32ClN3O5S/c1-16(2)36-21-7-9-22(10-8-21)37(34,35)30-15-20(11-17(30)3)31-27-23(18-5-4-6-18)12-19(28)13-24(27)25(29-31)14-26(32)33/h7-10,12-13,16-18,20H,4-6,11,14-15H2,1-3H3,(H,32,33)/t17-,20-/m1/s1. The van der Waals surface area contributed by atoms with Gasteiger partial charge in [0.25, 0.3) is 0 Å². The van der Waals surface area contributed by atoms with Crippen LogP contribution in [0.15, 0.2) is 41.3 Å². The van der Waals surface area contributed by atoms with Gasteiger partial charge in [0.1, 0.15) is 5.75 Å². The normalized spacial score (nSPS) is 21.0. The zero-order valence-electron chi connectivity index (χ0n) is 21.2. The van der Waals surface area contributed by atoms with Crippen molar-refractivity contribution in [1.82, 2.24) is 14.1 Å². The summed E-state index contributed by atoms with van der Waals surface area (Å²) in [6, 6.07) is 9.80. The Balaban J connectivity index is 1.51. The Bertz CT molecular complexity index is 1430. The number of hydrogen-bond acceptors (Lipinski definition) is 5. The second kappa shape index (κ2) is 9.93. The SMILES string of the molecule is CC(C)Oc1ccc(S(=O)(=O)N2C[C@H](n3nc(CC(=O)O)c4cc(Cl)cc(C5CCC5)c43)C[C@H]2C)cc1. The first-order valence-electron chi connectivity index (χ1n) is 12.8. The highest BCUT2D eigenvalue weighted by Crippen LogP contribution is 2.43. The zero-order chi connectivity index (χ0) is 26.5. The van der Waals surface area contributed by atoms with Crippen molar-refractivity contribution < 1.29 is 23.1 Å². The predicted molar refractivity (Wildman–Crippen MR) is 142 cm³/mol. The van der Waals surface area contributed by atoms with Crippen LogP contribution in [0.3, 0.4) is 0 Å². The number of rotatable bonds is 8. The van der Waals surface area contributed by atoms with Crippen molar-refractivity contribution in [3.63, 3.8) is 0 Å². The lowest BCUT2D eigenvalue weighted by molar-refractivity contribution is -0.136. The Morgan fingerprint density at radius 1 is 1.22 bits per heavy atom. The Kier molecular flexibility index (Phi) is 6.98. The maximum absolute atomic E-state index is 13.6. The molecule has 2 fully saturated rings. The van der Waals surface area contributed by atoms with Crippen LogP contribution < -0.4 is 4.74 Å². The van der Waals surface area contributed by atoms with Gasteiger partial charge in [-0.15, -0.1) is 0 Å². The summed E-state index contributed by atoms with van der Waals surface area (Å²) >= 11 is 6.46. The lowest BCUT2D eigenvalue weighted by Crippen LogP contribution is -2.34. The monoisotopic (exact) mass is 545 g/mol. The summed E-state index contributed by atoms with van der Waals surface area (Å²) in [5, 5.41) is 15.6. The van der Waals surface area contributed by atoms with Crippen molar-refractivity contribution in [3.05, 3.63) is 52.7 Å². The van der Waals surface area contributed by atoms with Gasteiger partial charge in [0.15, 0.2) is 0 Å². The van der Waals surface area contributed by atoms with Gasteiger partial charge in [-0.05, 0) is 87.9 Å². The predicted octanol–water partition coefficient (Wildman–Crippen LogP) is 5.40. The second-order valence-corrected chi connectivity index (χ2v) is 12.8. The van der Waals surface area contributed by atoms with Gasteiger partial charge in [0.2, 0.25) is 10.0 Å². The first-order valence-corrected chi connectivity index (χ1v) is 14.6. The van der Waals surface area contributed by atoms with E-state index in [0.29, 0.717) is 28.8 Å². The van der Waals surface area contributed by atoms with E-state index >= 15 is 0 Å². The van der Waals surface area contributed by atoms with Gasteiger partial charge in [-0.2, -0.15) is 9.40 Å². The van der Waals surface area contributed by atoms with Crippen molar-refractivity contribution in [2.24, 2.45) is 0 Å². The molecular weight excluding hydrogens is 514 g/mol. The Labute approximate surface area is 222 Å². The molecule has 0 amide bonds. The van der Waals surface area contributed by atoms with Crippen molar-refractivity contribution in [2.75, 3.05) is 6.54 Å². The van der Waals surface area contributed by atoms with E-state index in [9.17, 15) is 18.3 Å². The van der Waals surface area contributed by atoms with E-state index in [-0.39, 0.29) is 36.0 Å². The average molecular weight is 546 g/mol. The number of carboxylic acids is 1.